The Hall–Kier alpha value is -0.0900. The molecule has 0 fully saturated rings. The van der Waals surface area contributed by atoms with E-state index < -0.39 is 9.73 Å². The fourth-order valence-corrected chi connectivity index (χ4v) is 1.35. The van der Waals surface area contributed by atoms with Gasteiger partial charge in [-0.05, 0) is 27.8 Å². The summed E-state index contributed by atoms with van der Waals surface area (Å²) in [5.41, 5.74) is 0. The Balaban J connectivity index is 4.40. The van der Waals surface area contributed by atoms with Crippen LogP contribution in [0.4, 0.5) is 0 Å². The molecule has 0 rings (SSSR count). The van der Waals surface area contributed by atoms with Crippen molar-refractivity contribution in [1.82, 2.24) is 5.32 Å². The van der Waals surface area contributed by atoms with E-state index >= 15 is 0 Å². The Morgan fingerprint density at radius 2 is 1.92 bits per heavy atom. The molecule has 0 aliphatic carbocycles. The lowest BCUT2D eigenvalue weighted by molar-refractivity contribution is 0.641. The quantitative estimate of drug-likeness (QED) is 0.680. The van der Waals surface area contributed by atoms with Crippen LogP contribution in [0.25, 0.3) is 0 Å². The zero-order valence-corrected chi connectivity index (χ0v) is 9.49. The van der Waals surface area contributed by atoms with Gasteiger partial charge in [-0.1, -0.05) is 0 Å². The average Bonchev–Trinajstić information content (AvgIpc) is 1.85. The summed E-state index contributed by atoms with van der Waals surface area (Å²) >= 11 is 0. The van der Waals surface area contributed by atoms with Crippen LogP contribution in [0.5, 0.6) is 0 Å². The maximum absolute atomic E-state index is 11.9. The summed E-state index contributed by atoms with van der Waals surface area (Å²) in [6, 6.07) is 0. The second-order valence-corrected chi connectivity index (χ2v) is 6.96. The molecule has 0 amide bonds. The molecule has 74 valence electrons. The summed E-state index contributed by atoms with van der Waals surface area (Å²) < 4.78 is 15.8. The Labute approximate surface area is 76.1 Å². The van der Waals surface area contributed by atoms with E-state index in [2.05, 4.69) is 9.68 Å². The van der Waals surface area contributed by atoms with Crippen molar-refractivity contribution in [1.29, 1.82) is 0 Å². The van der Waals surface area contributed by atoms with E-state index in [0.29, 0.717) is 6.54 Å². The van der Waals surface area contributed by atoms with Gasteiger partial charge in [0.05, 0.1) is 6.54 Å². The average molecular weight is 192 g/mol. The molecule has 1 atom stereocenters. The van der Waals surface area contributed by atoms with Crippen molar-refractivity contribution in [2.24, 2.45) is 4.36 Å². The van der Waals surface area contributed by atoms with Crippen LogP contribution < -0.4 is 5.32 Å². The summed E-state index contributed by atoms with van der Waals surface area (Å²) in [4.78, 5) is 0. The predicted molar refractivity (Wildman–Crippen MR) is 55.0 cm³/mol. The van der Waals surface area contributed by atoms with Gasteiger partial charge in [-0.15, -0.1) is 0 Å². The standard InChI is InChI=1S/C8H20N2OS/c1-8(2,3)12(5,11)10-7-6-9-4/h9H,6-7H2,1-5H3. The molecule has 3 nitrogen and oxygen atoms in total. The molecule has 0 aromatic rings. The molecule has 12 heavy (non-hydrogen) atoms. The highest BCUT2D eigenvalue weighted by Crippen LogP contribution is 2.15. The summed E-state index contributed by atoms with van der Waals surface area (Å²) in [7, 11) is -0.170. The molecule has 0 radical (unpaired) electrons. The fraction of sp³-hybridized carbons (Fsp3) is 1.00. The predicted octanol–water partition coefficient (Wildman–Crippen LogP) is 1.10. The molecule has 0 heterocycles. The Kier molecular flexibility index (Phi) is 4.20. The summed E-state index contributed by atoms with van der Waals surface area (Å²) in [5.74, 6) is 0. The van der Waals surface area contributed by atoms with Crippen LogP contribution >= 0.6 is 0 Å². The van der Waals surface area contributed by atoms with Crippen molar-refractivity contribution >= 4 is 9.73 Å². The van der Waals surface area contributed by atoms with Crippen molar-refractivity contribution in [3.8, 4) is 0 Å². The van der Waals surface area contributed by atoms with Crippen molar-refractivity contribution in [3.63, 3.8) is 0 Å². The Morgan fingerprint density at radius 3 is 2.25 bits per heavy atom. The molecule has 4 heteroatoms. The van der Waals surface area contributed by atoms with Gasteiger partial charge in [0.1, 0.15) is 0 Å². The van der Waals surface area contributed by atoms with Crippen molar-refractivity contribution < 1.29 is 4.21 Å². The molecule has 1 N–H and O–H groups in total. The van der Waals surface area contributed by atoms with Crippen LogP contribution in [0, 0.1) is 0 Å². The molecule has 0 bridgehead atoms. The first kappa shape index (κ1) is 11.9. The number of likely N-dealkylation sites (N-methyl/N-ethyl adjacent to an activating group) is 1. The van der Waals surface area contributed by atoms with E-state index in [9.17, 15) is 4.21 Å². The lowest BCUT2D eigenvalue weighted by atomic mass is 10.3. The second kappa shape index (κ2) is 4.23. The van der Waals surface area contributed by atoms with E-state index in [4.69, 9.17) is 0 Å². The molecule has 0 aliphatic rings. The molecular formula is C8H20N2OS. The maximum Gasteiger partial charge on any atom is 0.0609 e. The van der Waals surface area contributed by atoms with Gasteiger partial charge >= 0.3 is 0 Å². The zero-order chi connectivity index (χ0) is 9.83. The van der Waals surface area contributed by atoms with Gasteiger partial charge in [0.2, 0.25) is 0 Å². The Morgan fingerprint density at radius 1 is 1.42 bits per heavy atom. The number of hydrogen-bond donors (Lipinski definition) is 1. The van der Waals surface area contributed by atoms with Crippen molar-refractivity contribution in [2.45, 2.75) is 25.5 Å². The number of hydrogen-bond acceptors (Lipinski definition) is 3. The smallest absolute Gasteiger partial charge is 0.0609 e. The fourth-order valence-electron chi connectivity index (χ4n) is 0.525. The summed E-state index contributed by atoms with van der Waals surface area (Å²) in [6.45, 7) is 7.29. The minimum absolute atomic E-state index is 0.221. The first-order valence-corrected chi connectivity index (χ1v) is 6.05. The normalized spacial score (nSPS) is 17.1. The minimum Gasteiger partial charge on any atom is -0.318 e. The first-order chi connectivity index (χ1) is 5.31. The highest BCUT2D eigenvalue weighted by Gasteiger charge is 2.21. The maximum atomic E-state index is 11.9. The van der Waals surface area contributed by atoms with Gasteiger partial charge < -0.3 is 5.32 Å². The molecule has 0 aromatic carbocycles. The summed E-state index contributed by atoms with van der Waals surface area (Å²) in [5, 5.41) is 2.97. The lowest BCUT2D eigenvalue weighted by Crippen LogP contribution is -2.27. The van der Waals surface area contributed by atoms with Crippen LogP contribution in [0.3, 0.4) is 0 Å². The van der Waals surface area contributed by atoms with E-state index in [0.717, 1.165) is 6.54 Å². The second-order valence-electron chi connectivity index (χ2n) is 3.87. The summed E-state index contributed by atoms with van der Waals surface area (Å²) in [6.07, 6.45) is 1.72. The van der Waals surface area contributed by atoms with Crippen LogP contribution in [-0.4, -0.2) is 35.3 Å². The van der Waals surface area contributed by atoms with Gasteiger partial charge in [-0.25, -0.2) is 8.57 Å². The number of nitrogens with zero attached hydrogens (tertiary/aromatic N) is 1. The van der Waals surface area contributed by atoms with E-state index in [-0.39, 0.29) is 4.75 Å². The largest absolute Gasteiger partial charge is 0.318 e. The monoisotopic (exact) mass is 192 g/mol. The molecule has 0 spiro atoms. The molecular weight excluding hydrogens is 172 g/mol. The van der Waals surface area contributed by atoms with E-state index in [1.54, 1.807) is 6.26 Å². The van der Waals surface area contributed by atoms with Gasteiger partial charge in [-0.3, -0.25) is 0 Å². The molecule has 0 saturated carbocycles. The SMILES string of the molecule is CNCCN=S(C)(=O)C(C)(C)C. The third-order valence-corrected chi connectivity index (χ3v) is 4.78. The van der Waals surface area contributed by atoms with Gasteiger partial charge in [0.25, 0.3) is 0 Å². The van der Waals surface area contributed by atoms with Crippen molar-refractivity contribution in [3.05, 3.63) is 0 Å². The van der Waals surface area contributed by atoms with Crippen molar-refractivity contribution in [2.75, 3.05) is 26.4 Å². The zero-order valence-electron chi connectivity index (χ0n) is 8.68. The Bertz CT molecular complexity index is 234. The topological polar surface area (TPSA) is 41.5 Å². The van der Waals surface area contributed by atoms with Gasteiger partial charge in [0, 0.05) is 27.3 Å². The van der Waals surface area contributed by atoms with E-state index in [1.807, 2.05) is 27.8 Å². The highest BCUT2D eigenvalue weighted by atomic mass is 32.2. The van der Waals surface area contributed by atoms with Crippen LogP contribution in [-0.2, 0) is 9.73 Å². The molecule has 0 aromatic heterocycles. The third-order valence-electron chi connectivity index (χ3n) is 1.84. The first-order valence-electron chi connectivity index (χ1n) is 4.13. The number of nitrogens with one attached hydrogen (secondary N) is 1. The lowest BCUT2D eigenvalue weighted by Gasteiger charge is -2.20. The molecule has 0 saturated heterocycles. The van der Waals surface area contributed by atoms with Gasteiger partial charge in [-0.2, -0.15) is 0 Å². The van der Waals surface area contributed by atoms with E-state index in [1.165, 1.54) is 0 Å². The third kappa shape index (κ3) is 3.54. The number of rotatable bonds is 3. The van der Waals surface area contributed by atoms with Crippen LogP contribution in [0.15, 0.2) is 4.36 Å². The van der Waals surface area contributed by atoms with Crippen LogP contribution in [0.1, 0.15) is 20.8 Å². The highest BCUT2D eigenvalue weighted by molar-refractivity contribution is 7.94. The molecule has 0 aliphatic heterocycles. The minimum atomic E-state index is -2.03. The van der Waals surface area contributed by atoms with Crippen LogP contribution in [0.2, 0.25) is 0 Å². The van der Waals surface area contributed by atoms with Gasteiger partial charge in [0.15, 0.2) is 0 Å². The molecule has 1 unspecified atom stereocenters.